The van der Waals surface area contributed by atoms with Crippen LogP contribution in [0.4, 0.5) is 5.82 Å². The molecule has 0 atom stereocenters. The van der Waals surface area contributed by atoms with Gasteiger partial charge in [0.1, 0.15) is 5.82 Å². The number of thioether (sulfide) groups is 1. The Kier molecular flexibility index (Phi) is 3.98. The third-order valence-electron chi connectivity index (χ3n) is 4.52. The second-order valence-electron chi connectivity index (χ2n) is 6.46. The number of hydrogen-bond acceptors (Lipinski definition) is 5. The summed E-state index contributed by atoms with van der Waals surface area (Å²) in [6, 6.07) is 15.9. The van der Waals surface area contributed by atoms with E-state index in [9.17, 15) is 4.79 Å². The minimum atomic E-state index is -0.190. The minimum absolute atomic E-state index is 0.190. The number of fused-ring (bicyclic) bond motifs is 2. The minimum Gasteiger partial charge on any atom is -0.304 e. The lowest BCUT2D eigenvalue weighted by atomic mass is 10.2. The first-order chi connectivity index (χ1) is 13.2. The van der Waals surface area contributed by atoms with Gasteiger partial charge in [0, 0.05) is 17.1 Å². The maximum atomic E-state index is 12.9. The summed E-state index contributed by atoms with van der Waals surface area (Å²) in [4.78, 5) is 17.4. The summed E-state index contributed by atoms with van der Waals surface area (Å²) in [6.07, 6.45) is 0. The molecule has 0 fully saturated rings. The van der Waals surface area contributed by atoms with Crippen molar-refractivity contribution in [2.24, 2.45) is 0 Å². The molecule has 0 aliphatic carbocycles. The number of rotatable bonds is 3. The maximum absolute atomic E-state index is 12.9. The van der Waals surface area contributed by atoms with Crippen LogP contribution < -0.4 is 5.32 Å². The molecule has 2 aromatic heterocycles. The van der Waals surface area contributed by atoms with E-state index in [2.05, 4.69) is 29.4 Å². The first kappa shape index (κ1) is 16.5. The van der Waals surface area contributed by atoms with Crippen LogP contribution in [0.2, 0.25) is 0 Å². The van der Waals surface area contributed by atoms with Gasteiger partial charge in [-0.1, -0.05) is 24.3 Å². The van der Waals surface area contributed by atoms with E-state index in [-0.39, 0.29) is 5.91 Å². The van der Waals surface area contributed by atoms with Gasteiger partial charge in [-0.25, -0.2) is 9.67 Å². The molecule has 0 radical (unpaired) electrons. The average Bonchev–Trinajstić information content (AvgIpc) is 3.36. The smallest absolute Gasteiger partial charge is 0.285 e. The van der Waals surface area contributed by atoms with Crippen LogP contribution in [0.25, 0.3) is 15.9 Å². The van der Waals surface area contributed by atoms with Crippen LogP contribution in [0.15, 0.2) is 48.5 Å². The summed E-state index contributed by atoms with van der Waals surface area (Å²) < 4.78 is 2.86. The van der Waals surface area contributed by atoms with Crippen molar-refractivity contribution in [1.82, 2.24) is 14.8 Å². The molecule has 27 heavy (non-hydrogen) atoms. The number of aryl methyl sites for hydroxylation is 1. The van der Waals surface area contributed by atoms with Gasteiger partial charge in [0.15, 0.2) is 5.01 Å². The molecule has 7 heteroatoms. The molecule has 5 rings (SSSR count). The van der Waals surface area contributed by atoms with Crippen molar-refractivity contribution in [3.8, 4) is 5.69 Å². The van der Waals surface area contributed by atoms with E-state index in [1.807, 2.05) is 52.8 Å². The molecule has 0 bridgehead atoms. The first-order valence-electron chi connectivity index (χ1n) is 8.61. The van der Waals surface area contributed by atoms with Crippen molar-refractivity contribution in [1.29, 1.82) is 0 Å². The lowest BCUT2D eigenvalue weighted by Crippen LogP contribution is -2.16. The summed E-state index contributed by atoms with van der Waals surface area (Å²) in [7, 11) is 0. The molecule has 3 heterocycles. The van der Waals surface area contributed by atoms with E-state index in [1.165, 1.54) is 11.3 Å². The summed E-state index contributed by atoms with van der Waals surface area (Å²) >= 11 is 3.22. The molecular weight excluding hydrogens is 376 g/mol. The van der Waals surface area contributed by atoms with Crippen molar-refractivity contribution in [3.05, 3.63) is 70.4 Å². The summed E-state index contributed by atoms with van der Waals surface area (Å²) in [5.41, 5.74) is 5.10. The molecular formula is C20H16N4OS2. The van der Waals surface area contributed by atoms with Crippen LogP contribution in [-0.2, 0) is 11.5 Å². The number of aromatic nitrogens is 3. The molecule has 1 amide bonds. The van der Waals surface area contributed by atoms with Crippen LogP contribution in [0.5, 0.6) is 0 Å². The molecule has 134 valence electrons. The lowest BCUT2D eigenvalue weighted by molar-refractivity contribution is 0.102. The van der Waals surface area contributed by atoms with E-state index in [0.717, 1.165) is 50.0 Å². The number of amides is 1. The van der Waals surface area contributed by atoms with Crippen LogP contribution >= 0.6 is 23.1 Å². The second kappa shape index (κ2) is 6.51. The van der Waals surface area contributed by atoms with E-state index in [1.54, 1.807) is 0 Å². The zero-order chi connectivity index (χ0) is 18.4. The van der Waals surface area contributed by atoms with E-state index in [0.29, 0.717) is 5.01 Å². The van der Waals surface area contributed by atoms with Gasteiger partial charge in [0.2, 0.25) is 0 Å². The van der Waals surface area contributed by atoms with Crippen molar-refractivity contribution >= 4 is 45.0 Å². The highest BCUT2D eigenvalue weighted by molar-refractivity contribution is 7.98. The summed E-state index contributed by atoms with van der Waals surface area (Å²) in [5, 5.41) is 8.30. The van der Waals surface area contributed by atoms with Crippen molar-refractivity contribution < 1.29 is 4.79 Å². The van der Waals surface area contributed by atoms with Crippen molar-refractivity contribution in [2.75, 3.05) is 5.32 Å². The quantitative estimate of drug-likeness (QED) is 0.545. The fraction of sp³-hybridized carbons (Fsp3) is 0.150. The molecule has 0 unspecified atom stereocenters. The van der Waals surface area contributed by atoms with Crippen molar-refractivity contribution in [3.63, 3.8) is 0 Å². The molecule has 1 aliphatic rings. The van der Waals surface area contributed by atoms with Gasteiger partial charge in [0.25, 0.3) is 5.91 Å². The number of thiazole rings is 1. The maximum Gasteiger partial charge on any atom is 0.285 e. The van der Waals surface area contributed by atoms with Crippen LogP contribution in [0.3, 0.4) is 0 Å². The van der Waals surface area contributed by atoms with E-state index >= 15 is 0 Å². The topological polar surface area (TPSA) is 59.8 Å². The molecule has 2 aromatic carbocycles. The molecule has 0 saturated heterocycles. The van der Waals surface area contributed by atoms with Gasteiger partial charge >= 0.3 is 0 Å². The Morgan fingerprint density at radius 2 is 2.04 bits per heavy atom. The van der Waals surface area contributed by atoms with Gasteiger partial charge in [-0.3, -0.25) is 4.79 Å². The van der Waals surface area contributed by atoms with Crippen LogP contribution in [0, 0.1) is 6.92 Å². The van der Waals surface area contributed by atoms with Crippen molar-refractivity contribution in [2.45, 2.75) is 18.4 Å². The lowest BCUT2D eigenvalue weighted by Gasteiger charge is -2.10. The van der Waals surface area contributed by atoms with Gasteiger partial charge in [-0.05, 0) is 36.8 Å². The number of carbonyl (C=O) groups excluding carboxylic acids is 1. The number of nitrogens with zero attached hydrogens (tertiary/aromatic N) is 3. The predicted octanol–water partition coefficient (Wildman–Crippen LogP) is 4.79. The predicted molar refractivity (Wildman–Crippen MR) is 111 cm³/mol. The van der Waals surface area contributed by atoms with Gasteiger partial charge in [0.05, 0.1) is 21.6 Å². The molecule has 5 nitrogen and oxygen atoms in total. The Bertz CT molecular complexity index is 1140. The zero-order valence-electron chi connectivity index (χ0n) is 14.6. The Morgan fingerprint density at radius 3 is 2.89 bits per heavy atom. The number of anilines is 1. The van der Waals surface area contributed by atoms with Gasteiger partial charge < -0.3 is 5.32 Å². The van der Waals surface area contributed by atoms with Gasteiger partial charge in [-0.2, -0.15) is 16.9 Å². The second-order valence-corrected chi connectivity index (χ2v) is 8.47. The number of hydrogen-bond donors (Lipinski definition) is 1. The molecule has 1 N–H and O–H groups in total. The normalized spacial score (nSPS) is 13.1. The fourth-order valence-corrected chi connectivity index (χ4v) is 5.11. The zero-order valence-corrected chi connectivity index (χ0v) is 16.2. The number of benzene rings is 2. The van der Waals surface area contributed by atoms with E-state index in [4.69, 9.17) is 5.10 Å². The monoisotopic (exact) mass is 392 g/mol. The Morgan fingerprint density at radius 1 is 1.15 bits per heavy atom. The summed E-state index contributed by atoms with van der Waals surface area (Å²) in [6.45, 7) is 2.05. The van der Waals surface area contributed by atoms with Crippen LogP contribution in [0.1, 0.15) is 26.6 Å². The standard InChI is InChI=1S/C20H16N4OS2/c1-12-5-4-6-13(9-12)24-18(14-10-26-11-16(14)23-24)22-19(25)20-21-15-7-2-3-8-17(15)27-20/h2-9H,10-11H2,1H3,(H,22,25). The summed E-state index contributed by atoms with van der Waals surface area (Å²) in [5.74, 6) is 2.30. The molecule has 1 aliphatic heterocycles. The first-order valence-corrected chi connectivity index (χ1v) is 10.6. The SMILES string of the molecule is Cc1cccc(-n2nc3c(c2NC(=O)c2nc4ccccc4s2)CSC3)c1. The Balaban J connectivity index is 1.55. The molecule has 4 aromatic rings. The number of carbonyl (C=O) groups is 1. The molecule has 0 saturated carbocycles. The number of nitrogens with one attached hydrogen (secondary N) is 1. The Labute approximate surface area is 164 Å². The fourth-order valence-electron chi connectivity index (χ4n) is 3.22. The average molecular weight is 393 g/mol. The Hall–Kier alpha value is -2.64. The highest BCUT2D eigenvalue weighted by Crippen LogP contribution is 2.36. The number of para-hydroxylation sites is 1. The largest absolute Gasteiger partial charge is 0.304 e. The van der Waals surface area contributed by atoms with E-state index < -0.39 is 0 Å². The highest BCUT2D eigenvalue weighted by Gasteiger charge is 2.25. The van der Waals surface area contributed by atoms with Crippen LogP contribution in [-0.4, -0.2) is 20.7 Å². The highest BCUT2D eigenvalue weighted by atomic mass is 32.2. The van der Waals surface area contributed by atoms with Gasteiger partial charge in [-0.15, -0.1) is 11.3 Å². The third kappa shape index (κ3) is 2.93. The molecule has 0 spiro atoms. The third-order valence-corrected chi connectivity index (χ3v) is 6.52.